The van der Waals surface area contributed by atoms with Crippen LogP contribution in [0, 0.1) is 0 Å². The largest absolute Gasteiger partial charge is 0.398 e. The van der Waals surface area contributed by atoms with Crippen LogP contribution in [0.25, 0.3) is 0 Å². The predicted molar refractivity (Wildman–Crippen MR) is 60.9 cm³/mol. The van der Waals surface area contributed by atoms with Crippen molar-refractivity contribution in [2.75, 3.05) is 25.4 Å². The van der Waals surface area contributed by atoms with Crippen molar-refractivity contribution in [2.24, 2.45) is 0 Å². The summed E-state index contributed by atoms with van der Waals surface area (Å²) >= 11 is 0. The van der Waals surface area contributed by atoms with Gasteiger partial charge in [-0.2, -0.15) is 0 Å². The second-order valence-corrected chi connectivity index (χ2v) is 3.99. The highest BCUT2D eigenvalue weighted by atomic mass is 16.1. The van der Waals surface area contributed by atoms with E-state index in [1.165, 1.54) is 12.8 Å². The van der Waals surface area contributed by atoms with Crippen LogP contribution < -0.4 is 5.73 Å². The van der Waals surface area contributed by atoms with Crippen molar-refractivity contribution >= 4 is 11.5 Å². The number of ketones is 1. The zero-order valence-electron chi connectivity index (χ0n) is 8.78. The van der Waals surface area contributed by atoms with Crippen LogP contribution in [0.2, 0.25) is 0 Å². The van der Waals surface area contributed by atoms with Crippen molar-refractivity contribution in [2.45, 2.75) is 12.8 Å². The SMILES string of the molecule is Nc1ccccc1C(=O)CN1CCCC1. The molecule has 1 fully saturated rings. The summed E-state index contributed by atoms with van der Waals surface area (Å²) in [6.07, 6.45) is 2.41. The molecule has 1 aliphatic heterocycles. The number of nitrogens with two attached hydrogens (primary N) is 1. The van der Waals surface area contributed by atoms with E-state index in [0.29, 0.717) is 17.8 Å². The van der Waals surface area contributed by atoms with Gasteiger partial charge in [-0.05, 0) is 38.1 Å². The molecule has 0 spiro atoms. The summed E-state index contributed by atoms with van der Waals surface area (Å²) in [5, 5.41) is 0. The number of carbonyl (C=O) groups excluding carboxylic acids is 1. The molecular weight excluding hydrogens is 188 g/mol. The molecule has 0 amide bonds. The third-order valence-corrected chi connectivity index (χ3v) is 2.83. The fourth-order valence-electron chi connectivity index (χ4n) is 1.98. The molecule has 0 saturated carbocycles. The second kappa shape index (κ2) is 4.45. The molecule has 1 saturated heterocycles. The number of rotatable bonds is 3. The number of hydrogen-bond acceptors (Lipinski definition) is 3. The van der Waals surface area contributed by atoms with Crippen LogP contribution >= 0.6 is 0 Å². The lowest BCUT2D eigenvalue weighted by Gasteiger charge is -2.13. The summed E-state index contributed by atoms with van der Waals surface area (Å²) in [5.41, 5.74) is 7.00. The predicted octanol–water partition coefficient (Wildman–Crippen LogP) is 1.55. The monoisotopic (exact) mass is 204 g/mol. The Morgan fingerprint density at radius 3 is 2.60 bits per heavy atom. The highest BCUT2D eigenvalue weighted by Crippen LogP contribution is 2.14. The molecule has 0 aliphatic carbocycles. The Bertz CT molecular complexity index is 356. The molecule has 1 aromatic rings. The first kappa shape index (κ1) is 10.2. The van der Waals surface area contributed by atoms with Crippen molar-refractivity contribution in [1.82, 2.24) is 4.90 Å². The second-order valence-electron chi connectivity index (χ2n) is 3.99. The van der Waals surface area contributed by atoms with Crippen LogP contribution in [0.3, 0.4) is 0 Å². The number of benzene rings is 1. The lowest BCUT2D eigenvalue weighted by Crippen LogP contribution is -2.27. The normalized spacial score (nSPS) is 16.8. The van der Waals surface area contributed by atoms with Crippen LogP contribution in [-0.2, 0) is 0 Å². The molecule has 1 heterocycles. The molecule has 15 heavy (non-hydrogen) atoms. The van der Waals surface area contributed by atoms with Crippen LogP contribution in [0.15, 0.2) is 24.3 Å². The fourth-order valence-corrected chi connectivity index (χ4v) is 1.98. The van der Waals surface area contributed by atoms with E-state index < -0.39 is 0 Å². The topological polar surface area (TPSA) is 46.3 Å². The molecule has 0 bridgehead atoms. The minimum absolute atomic E-state index is 0.134. The van der Waals surface area contributed by atoms with E-state index in [9.17, 15) is 4.79 Å². The number of likely N-dealkylation sites (tertiary alicyclic amines) is 1. The molecule has 2 N–H and O–H groups in total. The summed E-state index contributed by atoms with van der Waals surface area (Å²) < 4.78 is 0. The Morgan fingerprint density at radius 1 is 1.27 bits per heavy atom. The zero-order valence-corrected chi connectivity index (χ0v) is 8.78. The van der Waals surface area contributed by atoms with Crippen LogP contribution in [0.5, 0.6) is 0 Å². The van der Waals surface area contributed by atoms with Gasteiger partial charge in [0, 0.05) is 11.3 Å². The van der Waals surface area contributed by atoms with Gasteiger partial charge in [-0.15, -0.1) is 0 Å². The van der Waals surface area contributed by atoms with Crippen molar-refractivity contribution < 1.29 is 4.79 Å². The van der Waals surface area contributed by atoms with E-state index in [1.54, 1.807) is 12.1 Å². The average molecular weight is 204 g/mol. The van der Waals surface area contributed by atoms with Gasteiger partial charge in [-0.25, -0.2) is 0 Å². The third-order valence-electron chi connectivity index (χ3n) is 2.83. The Hall–Kier alpha value is -1.35. The van der Waals surface area contributed by atoms with Crippen LogP contribution in [0.4, 0.5) is 5.69 Å². The summed E-state index contributed by atoms with van der Waals surface area (Å²) in [4.78, 5) is 14.1. The van der Waals surface area contributed by atoms with Gasteiger partial charge in [-0.1, -0.05) is 12.1 Å². The molecule has 0 aromatic heterocycles. The summed E-state index contributed by atoms with van der Waals surface area (Å²) in [6, 6.07) is 7.28. The van der Waals surface area contributed by atoms with E-state index in [-0.39, 0.29) is 5.78 Å². The van der Waals surface area contributed by atoms with Crippen molar-refractivity contribution in [3.63, 3.8) is 0 Å². The Balaban J connectivity index is 2.04. The Kier molecular flexibility index (Phi) is 3.02. The highest BCUT2D eigenvalue weighted by Gasteiger charge is 2.17. The van der Waals surface area contributed by atoms with Gasteiger partial charge < -0.3 is 5.73 Å². The van der Waals surface area contributed by atoms with Gasteiger partial charge in [0.2, 0.25) is 0 Å². The summed E-state index contributed by atoms with van der Waals surface area (Å²) in [5.74, 6) is 0.134. The number of para-hydroxylation sites is 1. The number of nitrogens with zero attached hydrogens (tertiary/aromatic N) is 1. The molecule has 3 heteroatoms. The van der Waals surface area contributed by atoms with E-state index in [2.05, 4.69) is 4.90 Å². The average Bonchev–Trinajstić information content (AvgIpc) is 2.71. The van der Waals surface area contributed by atoms with Crippen molar-refractivity contribution in [1.29, 1.82) is 0 Å². The fraction of sp³-hybridized carbons (Fsp3) is 0.417. The van der Waals surface area contributed by atoms with Gasteiger partial charge in [0.25, 0.3) is 0 Å². The number of carbonyl (C=O) groups is 1. The maximum atomic E-state index is 11.9. The smallest absolute Gasteiger partial charge is 0.178 e. The maximum absolute atomic E-state index is 11.9. The molecule has 0 atom stereocenters. The van der Waals surface area contributed by atoms with E-state index in [0.717, 1.165) is 13.1 Å². The first-order chi connectivity index (χ1) is 7.27. The lowest BCUT2D eigenvalue weighted by molar-refractivity contribution is 0.0946. The minimum Gasteiger partial charge on any atom is -0.398 e. The molecule has 0 radical (unpaired) electrons. The van der Waals surface area contributed by atoms with Gasteiger partial charge in [-0.3, -0.25) is 9.69 Å². The molecule has 1 aromatic carbocycles. The van der Waals surface area contributed by atoms with Gasteiger partial charge in [0.05, 0.1) is 6.54 Å². The highest BCUT2D eigenvalue weighted by molar-refractivity contribution is 6.02. The van der Waals surface area contributed by atoms with Gasteiger partial charge >= 0.3 is 0 Å². The van der Waals surface area contributed by atoms with E-state index >= 15 is 0 Å². The third kappa shape index (κ3) is 2.36. The number of nitrogen functional groups attached to an aromatic ring is 1. The Labute approximate surface area is 89.9 Å². The number of anilines is 1. The molecule has 80 valence electrons. The maximum Gasteiger partial charge on any atom is 0.178 e. The summed E-state index contributed by atoms with van der Waals surface area (Å²) in [6.45, 7) is 2.59. The molecule has 3 nitrogen and oxygen atoms in total. The standard InChI is InChI=1S/C12H16N2O/c13-11-6-2-1-5-10(11)12(15)9-14-7-3-4-8-14/h1-2,5-6H,3-4,7-9,13H2. The quantitative estimate of drug-likeness (QED) is 0.600. The first-order valence-corrected chi connectivity index (χ1v) is 5.37. The van der Waals surface area contributed by atoms with E-state index in [4.69, 9.17) is 5.73 Å². The van der Waals surface area contributed by atoms with Crippen LogP contribution in [0.1, 0.15) is 23.2 Å². The van der Waals surface area contributed by atoms with Gasteiger partial charge in [0.15, 0.2) is 5.78 Å². The lowest BCUT2D eigenvalue weighted by atomic mass is 10.1. The molecule has 0 unspecified atom stereocenters. The number of Topliss-reactive ketones (excluding diaryl/α,β-unsaturated/α-hetero) is 1. The minimum atomic E-state index is 0.134. The Morgan fingerprint density at radius 2 is 1.93 bits per heavy atom. The van der Waals surface area contributed by atoms with Crippen molar-refractivity contribution in [3.05, 3.63) is 29.8 Å². The first-order valence-electron chi connectivity index (χ1n) is 5.37. The molecule has 2 rings (SSSR count). The molecular formula is C12H16N2O. The molecule has 1 aliphatic rings. The van der Waals surface area contributed by atoms with Crippen molar-refractivity contribution in [3.8, 4) is 0 Å². The van der Waals surface area contributed by atoms with E-state index in [1.807, 2.05) is 12.1 Å². The van der Waals surface area contributed by atoms with Crippen LogP contribution in [-0.4, -0.2) is 30.3 Å². The van der Waals surface area contributed by atoms with Gasteiger partial charge in [0.1, 0.15) is 0 Å². The number of hydrogen-bond donors (Lipinski definition) is 1. The zero-order chi connectivity index (χ0) is 10.7. The summed E-state index contributed by atoms with van der Waals surface area (Å²) in [7, 11) is 0.